The highest BCUT2D eigenvalue weighted by atomic mass is 14.9. The van der Waals surface area contributed by atoms with E-state index in [1.165, 1.54) is 30.5 Å². The second kappa shape index (κ2) is 4.77. The van der Waals surface area contributed by atoms with Crippen LogP contribution in [0.4, 0.5) is 0 Å². The Morgan fingerprint density at radius 1 is 1.53 bits per heavy atom. The Labute approximate surface area is 105 Å². The van der Waals surface area contributed by atoms with Crippen molar-refractivity contribution < 1.29 is 0 Å². The molecule has 0 aliphatic heterocycles. The highest BCUT2D eigenvalue weighted by Crippen LogP contribution is 2.46. The summed E-state index contributed by atoms with van der Waals surface area (Å²) in [6.07, 6.45) is 5.60. The predicted octanol–water partition coefficient (Wildman–Crippen LogP) is 3.14. The van der Waals surface area contributed by atoms with Crippen LogP contribution in [0.25, 0.3) is 0 Å². The maximum absolute atomic E-state index is 4.62. The Morgan fingerprint density at radius 2 is 2.29 bits per heavy atom. The van der Waals surface area contributed by atoms with E-state index in [9.17, 15) is 0 Å². The van der Waals surface area contributed by atoms with Crippen molar-refractivity contribution in [3.63, 3.8) is 0 Å². The van der Waals surface area contributed by atoms with E-state index in [1.807, 2.05) is 13.2 Å². The summed E-state index contributed by atoms with van der Waals surface area (Å²) in [5.41, 5.74) is 3.13. The van der Waals surface area contributed by atoms with Gasteiger partial charge < -0.3 is 5.32 Å². The maximum Gasteiger partial charge on any atom is 0.0471 e. The molecule has 2 heteroatoms. The molecule has 0 saturated carbocycles. The summed E-state index contributed by atoms with van der Waals surface area (Å²) in [5, 5.41) is 3.35. The molecule has 1 aromatic heterocycles. The third kappa shape index (κ3) is 2.52. The molecule has 0 spiro atoms. The lowest BCUT2D eigenvalue weighted by molar-refractivity contribution is 0.231. The van der Waals surface area contributed by atoms with Gasteiger partial charge in [-0.25, -0.2) is 0 Å². The van der Waals surface area contributed by atoms with Crippen molar-refractivity contribution in [1.29, 1.82) is 0 Å². The molecule has 2 nitrogen and oxygen atoms in total. The van der Waals surface area contributed by atoms with E-state index in [4.69, 9.17) is 0 Å². The number of hydrogen-bond acceptors (Lipinski definition) is 2. The van der Waals surface area contributed by atoms with Crippen LogP contribution in [0.2, 0.25) is 0 Å². The van der Waals surface area contributed by atoms with Crippen LogP contribution in [0.1, 0.15) is 50.8 Å². The van der Waals surface area contributed by atoms with Gasteiger partial charge in [0.1, 0.15) is 0 Å². The van der Waals surface area contributed by atoms with E-state index in [2.05, 4.69) is 43.2 Å². The first-order valence-electron chi connectivity index (χ1n) is 6.65. The fourth-order valence-electron chi connectivity index (χ4n) is 3.21. The van der Waals surface area contributed by atoms with Crippen LogP contribution in [0.5, 0.6) is 0 Å². The van der Waals surface area contributed by atoms with Gasteiger partial charge in [-0.15, -0.1) is 0 Å². The predicted molar refractivity (Wildman–Crippen MR) is 72.2 cm³/mol. The van der Waals surface area contributed by atoms with E-state index in [0.29, 0.717) is 17.4 Å². The number of fused-ring (bicyclic) bond motifs is 1. The molecule has 2 rings (SSSR count). The van der Waals surface area contributed by atoms with Crippen LogP contribution >= 0.6 is 0 Å². The Morgan fingerprint density at radius 3 is 3.00 bits per heavy atom. The average molecular weight is 232 g/mol. The molecule has 1 N–H and O–H groups in total. The summed E-state index contributed by atoms with van der Waals surface area (Å²) < 4.78 is 0. The third-order valence-electron chi connectivity index (χ3n) is 4.23. The van der Waals surface area contributed by atoms with Crippen LogP contribution < -0.4 is 5.32 Å². The highest BCUT2D eigenvalue weighted by molar-refractivity contribution is 5.30. The third-order valence-corrected chi connectivity index (χ3v) is 4.23. The van der Waals surface area contributed by atoms with Gasteiger partial charge in [-0.1, -0.05) is 19.9 Å². The standard InChI is InChI=1S/C15H24N2/c1-11(16-4)10-15(2,3)13-8-7-12-6-5-9-17-14(12)13/h5-6,9,11,13,16H,7-8,10H2,1-4H3. The van der Waals surface area contributed by atoms with E-state index < -0.39 is 0 Å². The first-order valence-corrected chi connectivity index (χ1v) is 6.65. The van der Waals surface area contributed by atoms with Crippen molar-refractivity contribution in [2.75, 3.05) is 7.05 Å². The van der Waals surface area contributed by atoms with Crippen molar-refractivity contribution >= 4 is 0 Å². The fraction of sp³-hybridized carbons (Fsp3) is 0.667. The summed E-state index contributed by atoms with van der Waals surface area (Å²) in [6.45, 7) is 7.03. The zero-order valence-corrected chi connectivity index (χ0v) is 11.5. The Hall–Kier alpha value is -0.890. The smallest absolute Gasteiger partial charge is 0.0471 e. The first kappa shape index (κ1) is 12.6. The topological polar surface area (TPSA) is 24.9 Å². The van der Waals surface area contributed by atoms with E-state index >= 15 is 0 Å². The Balaban J connectivity index is 2.19. The SMILES string of the molecule is CNC(C)CC(C)(C)C1CCc2cccnc21. The number of rotatable bonds is 4. The number of aromatic nitrogens is 1. The Kier molecular flexibility index (Phi) is 3.53. The number of pyridine rings is 1. The minimum atomic E-state index is 0.321. The van der Waals surface area contributed by atoms with Crippen molar-refractivity contribution in [2.45, 2.75) is 52.0 Å². The van der Waals surface area contributed by atoms with Gasteiger partial charge in [0, 0.05) is 23.9 Å². The lowest BCUT2D eigenvalue weighted by Gasteiger charge is -2.34. The number of aryl methyl sites for hydroxylation is 1. The Bertz CT molecular complexity index is 384. The van der Waals surface area contributed by atoms with Gasteiger partial charge in [0.05, 0.1) is 0 Å². The largest absolute Gasteiger partial charge is 0.317 e. The zero-order valence-electron chi connectivity index (χ0n) is 11.5. The van der Waals surface area contributed by atoms with Crippen molar-refractivity contribution in [2.24, 2.45) is 5.41 Å². The van der Waals surface area contributed by atoms with Crippen LogP contribution in [-0.4, -0.2) is 18.1 Å². The van der Waals surface area contributed by atoms with Crippen molar-refractivity contribution in [3.05, 3.63) is 29.6 Å². The molecular formula is C15H24N2. The molecule has 0 amide bonds. The lowest BCUT2D eigenvalue weighted by Crippen LogP contribution is -2.32. The van der Waals surface area contributed by atoms with Gasteiger partial charge >= 0.3 is 0 Å². The number of nitrogens with one attached hydrogen (secondary N) is 1. The average Bonchev–Trinajstić information content (AvgIpc) is 2.72. The summed E-state index contributed by atoms with van der Waals surface area (Å²) in [4.78, 5) is 4.62. The first-order chi connectivity index (χ1) is 8.04. The second-order valence-corrected chi connectivity index (χ2v) is 6.02. The van der Waals surface area contributed by atoms with Gasteiger partial charge in [0.15, 0.2) is 0 Å². The monoisotopic (exact) mass is 232 g/mol. The van der Waals surface area contributed by atoms with Crippen LogP contribution in [0.3, 0.4) is 0 Å². The molecule has 94 valence electrons. The van der Waals surface area contributed by atoms with Gasteiger partial charge in [-0.2, -0.15) is 0 Å². The second-order valence-electron chi connectivity index (χ2n) is 6.02. The highest BCUT2D eigenvalue weighted by Gasteiger charge is 2.37. The van der Waals surface area contributed by atoms with E-state index in [1.54, 1.807) is 0 Å². The van der Waals surface area contributed by atoms with Gasteiger partial charge in [0.2, 0.25) is 0 Å². The van der Waals surface area contributed by atoms with Crippen LogP contribution in [-0.2, 0) is 6.42 Å². The van der Waals surface area contributed by atoms with Crippen molar-refractivity contribution in [1.82, 2.24) is 10.3 Å². The van der Waals surface area contributed by atoms with E-state index in [-0.39, 0.29) is 0 Å². The van der Waals surface area contributed by atoms with E-state index in [0.717, 1.165) is 0 Å². The van der Waals surface area contributed by atoms with Crippen LogP contribution in [0.15, 0.2) is 18.3 Å². The van der Waals surface area contributed by atoms with Gasteiger partial charge in [0.25, 0.3) is 0 Å². The maximum atomic E-state index is 4.62. The molecule has 1 aromatic rings. The fourth-order valence-corrected chi connectivity index (χ4v) is 3.21. The van der Waals surface area contributed by atoms with Gasteiger partial charge in [-0.3, -0.25) is 4.98 Å². The molecule has 0 fully saturated rings. The molecule has 17 heavy (non-hydrogen) atoms. The molecule has 1 heterocycles. The minimum Gasteiger partial charge on any atom is -0.317 e. The molecule has 0 aromatic carbocycles. The molecule has 1 aliphatic rings. The number of nitrogens with zero attached hydrogens (tertiary/aromatic N) is 1. The molecule has 0 radical (unpaired) electrons. The minimum absolute atomic E-state index is 0.321. The summed E-state index contributed by atoms with van der Waals surface area (Å²) in [7, 11) is 2.04. The molecule has 0 saturated heterocycles. The summed E-state index contributed by atoms with van der Waals surface area (Å²) in [5.74, 6) is 0.620. The molecular weight excluding hydrogens is 208 g/mol. The lowest BCUT2D eigenvalue weighted by atomic mass is 9.73. The molecule has 2 atom stereocenters. The van der Waals surface area contributed by atoms with Gasteiger partial charge in [-0.05, 0) is 50.3 Å². The quantitative estimate of drug-likeness (QED) is 0.862. The normalized spacial score (nSPS) is 21.3. The van der Waals surface area contributed by atoms with Crippen LogP contribution in [0, 0.1) is 5.41 Å². The summed E-state index contributed by atoms with van der Waals surface area (Å²) in [6, 6.07) is 4.86. The molecule has 2 unspecified atom stereocenters. The molecule has 1 aliphatic carbocycles. The number of hydrogen-bond donors (Lipinski definition) is 1. The van der Waals surface area contributed by atoms with Crippen molar-refractivity contribution in [3.8, 4) is 0 Å². The summed E-state index contributed by atoms with van der Waals surface area (Å²) >= 11 is 0. The zero-order chi connectivity index (χ0) is 12.5. The molecule has 0 bridgehead atoms.